The van der Waals surface area contributed by atoms with Gasteiger partial charge in [0.05, 0.1) is 0 Å². The van der Waals surface area contributed by atoms with Crippen LogP contribution < -0.4 is 0 Å². The minimum Gasteiger partial charge on any atom is -0.506 e. The van der Waals surface area contributed by atoms with Crippen LogP contribution in [0.3, 0.4) is 0 Å². The van der Waals surface area contributed by atoms with E-state index in [2.05, 4.69) is 11.2 Å². The van der Waals surface area contributed by atoms with Crippen molar-refractivity contribution >= 4 is 11.3 Å². The topological polar surface area (TPSA) is 38.0 Å². The Labute approximate surface area is 121 Å². The minimum absolute atomic E-state index is 0. The summed E-state index contributed by atoms with van der Waals surface area (Å²) in [6.07, 6.45) is 1.73. The molecule has 86 valence electrons. The van der Waals surface area contributed by atoms with Gasteiger partial charge in [-0.15, -0.1) is 6.07 Å². The van der Waals surface area contributed by atoms with Crippen LogP contribution in [0.2, 0.25) is 0 Å². The van der Waals surface area contributed by atoms with Gasteiger partial charge in [0.1, 0.15) is 11.4 Å². The van der Waals surface area contributed by atoms with E-state index in [9.17, 15) is 5.11 Å². The minimum atomic E-state index is 0. The second-order valence-corrected chi connectivity index (χ2v) is 4.48. The summed E-state index contributed by atoms with van der Waals surface area (Å²) in [5, 5.41) is 16.1. The first-order valence-corrected chi connectivity index (χ1v) is 6.02. The largest absolute Gasteiger partial charge is 0.506 e. The Balaban J connectivity index is 0.00000120. The number of para-hydroxylation sites is 2. The normalized spacial score (nSPS) is 10.0. The van der Waals surface area contributed by atoms with Crippen LogP contribution in [0.4, 0.5) is 0 Å². The molecule has 3 nitrogen and oxygen atoms in total. The Hall–Kier alpha value is -1.45. The van der Waals surface area contributed by atoms with Crippen molar-refractivity contribution < 1.29 is 24.6 Å². The van der Waals surface area contributed by atoms with E-state index >= 15 is 0 Å². The Morgan fingerprint density at radius 2 is 2.00 bits per heavy atom. The Morgan fingerprint density at radius 3 is 2.72 bits per heavy atom. The van der Waals surface area contributed by atoms with Crippen LogP contribution in [0, 0.1) is 6.07 Å². The van der Waals surface area contributed by atoms with Gasteiger partial charge in [0.2, 0.25) is 0 Å². The monoisotopic (exact) mass is 305 g/mol. The van der Waals surface area contributed by atoms with Crippen molar-refractivity contribution in [2.24, 2.45) is 0 Å². The molecule has 2 heterocycles. The Bertz CT molecular complexity index is 634. The zero-order valence-electron chi connectivity index (χ0n) is 9.58. The average Bonchev–Trinajstić information content (AvgIpc) is 3.00. The van der Waals surface area contributed by atoms with Crippen LogP contribution >= 0.6 is 11.3 Å². The van der Waals surface area contributed by atoms with Gasteiger partial charge in [0.15, 0.2) is 0 Å². The number of benzene rings is 1. The molecule has 0 atom stereocenters. The fraction of sp³-hybridized carbons (Fsp3) is 0. The molecule has 0 spiro atoms. The second kappa shape index (κ2) is 5.46. The van der Waals surface area contributed by atoms with Crippen molar-refractivity contribution in [1.29, 1.82) is 0 Å². The smallest absolute Gasteiger partial charge is 0.141 e. The van der Waals surface area contributed by atoms with Crippen molar-refractivity contribution in [2.45, 2.75) is 0 Å². The average molecular weight is 307 g/mol. The molecule has 3 aromatic rings. The number of rotatable bonds is 2. The summed E-state index contributed by atoms with van der Waals surface area (Å²) in [5.41, 5.74) is 1.45. The summed E-state index contributed by atoms with van der Waals surface area (Å²) in [6.45, 7) is 0. The standard InChI is InChI=1S/C13H9N2OS.Zn/c16-12-5-2-1-4-11(12)15-8-7-10(14-15)13-6-3-9-17-13;/h1-6,8-9,16H;/q-1;. The number of nitrogens with zero attached hydrogens (tertiary/aromatic N) is 2. The summed E-state index contributed by atoms with van der Waals surface area (Å²) in [7, 11) is 0. The number of aromatic hydroxyl groups is 1. The van der Waals surface area contributed by atoms with Crippen LogP contribution in [-0.2, 0) is 19.5 Å². The van der Waals surface area contributed by atoms with Crippen LogP contribution in [-0.4, -0.2) is 14.9 Å². The third kappa shape index (κ3) is 2.37. The van der Waals surface area contributed by atoms with Crippen molar-refractivity contribution in [2.75, 3.05) is 0 Å². The maximum absolute atomic E-state index is 9.73. The third-order valence-electron chi connectivity index (χ3n) is 2.41. The van der Waals surface area contributed by atoms with Gasteiger partial charge < -0.3 is 5.11 Å². The van der Waals surface area contributed by atoms with Gasteiger partial charge >= 0.3 is 0 Å². The quantitative estimate of drug-likeness (QED) is 0.583. The first-order chi connectivity index (χ1) is 8.34. The summed E-state index contributed by atoms with van der Waals surface area (Å²) in [5.74, 6) is 0.210. The zero-order valence-corrected chi connectivity index (χ0v) is 13.4. The van der Waals surface area contributed by atoms with Gasteiger partial charge in [0.25, 0.3) is 0 Å². The van der Waals surface area contributed by atoms with Gasteiger partial charge in [-0.1, -0.05) is 35.0 Å². The van der Waals surface area contributed by atoms with E-state index in [-0.39, 0.29) is 25.2 Å². The first kappa shape index (κ1) is 13.0. The maximum Gasteiger partial charge on any atom is 0.141 e. The number of phenols is 1. The van der Waals surface area contributed by atoms with Crippen LogP contribution in [0.25, 0.3) is 16.3 Å². The second-order valence-electron chi connectivity index (χ2n) is 3.53. The van der Waals surface area contributed by atoms with Crippen LogP contribution in [0.1, 0.15) is 0 Å². The Morgan fingerprint density at radius 1 is 1.17 bits per heavy atom. The van der Waals surface area contributed by atoms with Crippen molar-refractivity contribution in [3.63, 3.8) is 0 Å². The number of thiophene rings is 1. The van der Waals surface area contributed by atoms with Gasteiger partial charge in [-0.3, -0.25) is 4.68 Å². The molecular formula is C13H9N2OSZn-. The number of aromatic nitrogens is 2. The van der Waals surface area contributed by atoms with Crippen molar-refractivity contribution in [3.8, 4) is 22.0 Å². The van der Waals surface area contributed by atoms with Gasteiger partial charge in [-0.2, -0.15) is 0 Å². The zero-order chi connectivity index (χ0) is 11.7. The van der Waals surface area contributed by atoms with E-state index < -0.39 is 0 Å². The molecule has 0 saturated heterocycles. The van der Waals surface area contributed by atoms with E-state index in [0.717, 1.165) is 10.6 Å². The number of phenolic OH excluding ortho intramolecular Hbond substituents is 1. The van der Waals surface area contributed by atoms with E-state index in [1.54, 1.807) is 34.3 Å². The molecule has 0 aliphatic rings. The molecule has 0 aliphatic heterocycles. The molecule has 0 amide bonds. The molecule has 3 rings (SSSR count). The van der Waals surface area contributed by atoms with E-state index in [0.29, 0.717) is 5.69 Å². The van der Waals surface area contributed by atoms with Gasteiger partial charge in [-0.25, -0.2) is 22.5 Å². The summed E-state index contributed by atoms with van der Waals surface area (Å²) in [4.78, 5) is 1.07. The molecule has 1 aromatic carbocycles. The van der Waals surface area contributed by atoms with E-state index in [1.807, 2.05) is 29.6 Å². The molecule has 0 unspecified atom stereocenters. The SMILES string of the molecule is Oc1ccccc1-n1c[c-]c(-c2cccs2)n1.[Zn]. The molecule has 0 saturated carbocycles. The molecule has 1 N–H and O–H groups in total. The van der Waals surface area contributed by atoms with Crippen LogP contribution in [0.5, 0.6) is 5.75 Å². The van der Waals surface area contributed by atoms with E-state index in [1.165, 1.54) is 0 Å². The predicted molar refractivity (Wildman–Crippen MR) is 67.4 cm³/mol. The van der Waals surface area contributed by atoms with Crippen molar-refractivity contribution in [1.82, 2.24) is 9.78 Å². The molecule has 18 heavy (non-hydrogen) atoms. The maximum atomic E-state index is 9.73. The molecule has 0 aliphatic carbocycles. The number of hydrogen-bond donors (Lipinski definition) is 1. The fourth-order valence-electron chi connectivity index (χ4n) is 1.60. The molecular weight excluding hydrogens is 298 g/mol. The van der Waals surface area contributed by atoms with Crippen LogP contribution in [0.15, 0.2) is 48.0 Å². The predicted octanol–water partition coefficient (Wildman–Crippen LogP) is 3.10. The summed E-state index contributed by atoms with van der Waals surface area (Å²) >= 11 is 1.62. The Kier molecular flexibility index (Phi) is 3.95. The van der Waals surface area contributed by atoms with E-state index in [4.69, 9.17) is 0 Å². The molecule has 0 fully saturated rings. The molecule has 2 aromatic heterocycles. The van der Waals surface area contributed by atoms with Gasteiger partial charge in [0, 0.05) is 19.5 Å². The first-order valence-electron chi connectivity index (χ1n) is 5.14. The summed E-state index contributed by atoms with van der Waals surface area (Å²) in [6, 6.07) is 14.2. The summed E-state index contributed by atoms with van der Waals surface area (Å²) < 4.78 is 1.63. The number of hydrogen-bond acceptors (Lipinski definition) is 3. The molecule has 0 bridgehead atoms. The van der Waals surface area contributed by atoms with Crippen molar-refractivity contribution in [3.05, 3.63) is 54.0 Å². The fourth-order valence-corrected chi connectivity index (χ4v) is 2.28. The van der Waals surface area contributed by atoms with Gasteiger partial charge in [-0.05, 0) is 17.5 Å². The molecule has 0 radical (unpaired) electrons. The third-order valence-corrected chi connectivity index (χ3v) is 3.29. The molecule has 5 heteroatoms.